The third-order valence-electron chi connectivity index (χ3n) is 2.36. The third-order valence-corrected chi connectivity index (χ3v) is 3.30. The summed E-state index contributed by atoms with van der Waals surface area (Å²) in [5.41, 5.74) is 2.24. The number of hydrogen-bond acceptors (Lipinski definition) is 3. The number of amides is 1. The van der Waals surface area contributed by atoms with E-state index in [4.69, 9.17) is 0 Å². The second-order valence-corrected chi connectivity index (χ2v) is 5.11. The fraction of sp³-hybridized carbons (Fsp3) is 0.333. The second kappa shape index (κ2) is 4.22. The van der Waals surface area contributed by atoms with Crippen molar-refractivity contribution in [2.24, 2.45) is 0 Å². The Morgan fingerprint density at radius 1 is 1.44 bits per heavy atom. The average Bonchev–Trinajstić information content (AvgIpc) is 2.56. The fourth-order valence-corrected chi connectivity index (χ4v) is 2.46. The second-order valence-electron chi connectivity index (χ2n) is 4.08. The van der Waals surface area contributed by atoms with Gasteiger partial charge in [-0.25, -0.2) is 4.98 Å². The summed E-state index contributed by atoms with van der Waals surface area (Å²) in [6.45, 7) is 5.82. The molecule has 0 fully saturated rings. The lowest BCUT2D eigenvalue weighted by Gasteiger charge is -2.03. The first kappa shape index (κ1) is 11.1. The fourth-order valence-electron chi connectivity index (χ4n) is 1.50. The zero-order valence-electron chi connectivity index (χ0n) is 9.57. The van der Waals surface area contributed by atoms with Crippen LogP contribution in [0.1, 0.15) is 32.3 Å². The molecule has 0 spiro atoms. The van der Waals surface area contributed by atoms with Gasteiger partial charge in [0, 0.05) is 6.92 Å². The summed E-state index contributed by atoms with van der Waals surface area (Å²) in [6, 6.07) is 6.24. The Morgan fingerprint density at radius 3 is 2.81 bits per heavy atom. The van der Waals surface area contributed by atoms with E-state index in [1.807, 2.05) is 6.07 Å². The first-order chi connectivity index (χ1) is 7.56. The van der Waals surface area contributed by atoms with Gasteiger partial charge < -0.3 is 5.32 Å². The Bertz CT molecular complexity index is 531. The van der Waals surface area contributed by atoms with Crippen LogP contribution in [0.4, 0.5) is 5.13 Å². The van der Waals surface area contributed by atoms with Crippen molar-refractivity contribution in [1.82, 2.24) is 4.98 Å². The van der Waals surface area contributed by atoms with Crippen LogP contribution in [0.2, 0.25) is 0 Å². The van der Waals surface area contributed by atoms with E-state index in [0.29, 0.717) is 11.0 Å². The molecule has 1 aromatic carbocycles. The molecule has 2 aromatic rings. The molecule has 4 heteroatoms. The minimum Gasteiger partial charge on any atom is -0.302 e. The number of anilines is 1. The molecule has 1 amide bonds. The summed E-state index contributed by atoms with van der Waals surface area (Å²) in [4.78, 5) is 15.3. The molecule has 84 valence electrons. The van der Waals surface area contributed by atoms with Gasteiger partial charge in [0.2, 0.25) is 5.91 Å². The van der Waals surface area contributed by atoms with E-state index in [9.17, 15) is 4.79 Å². The minimum absolute atomic E-state index is 0.0804. The van der Waals surface area contributed by atoms with Crippen molar-refractivity contribution in [1.29, 1.82) is 0 Å². The van der Waals surface area contributed by atoms with Crippen molar-refractivity contribution in [2.75, 3.05) is 5.32 Å². The van der Waals surface area contributed by atoms with Gasteiger partial charge in [-0.3, -0.25) is 4.79 Å². The molecule has 2 rings (SSSR count). The van der Waals surface area contributed by atoms with Gasteiger partial charge in [0.25, 0.3) is 0 Å². The van der Waals surface area contributed by atoms with E-state index in [1.165, 1.54) is 23.8 Å². The minimum atomic E-state index is -0.0804. The SMILES string of the molecule is CC(=O)Nc1nc2ccc(C(C)C)cc2s1. The number of thiazole rings is 1. The Kier molecular flexibility index (Phi) is 2.92. The lowest BCUT2D eigenvalue weighted by molar-refractivity contribution is -0.114. The molecule has 0 radical (unpaired) electrons. The third kappa shape index (κ3) is 2.22. The average molecular weight is 234 g/mol. The standard InChI is InChI=1S/C12H14N2OS/c1-7(2)9-4-5-10-11(6-9)16-12(14-10)13-8(3)15/h4-7H,1-3H3,(H,13,14,15). The number of carbonyl (C=O) groups excluding carboxylic acids is 1. The molecule has 0 aliphatic heterocycles. The van der Waals surface area contributed by atoms with Crippen LogP contribution in [0.5, 0.6) is 0 Å². The van der Waals surface area contributed by atoms with Crippen LogP contribution in [0.3, 0.4) is 0 Å². The van der Waals surface area contributed by atoms with Crippen LogP contribution < -0.4 is 5.32 Å². The smallest absolute Gasteiger partial charge is 0.223 e. The molecule has 0 saturated carbocycles. The molecule has 0 aliphatic rings. The molecule has 16 heavy (non-hydrogen) atoms. The van der Waals surface area contributed by atoms with Gasteiger partial charge in [0.05, 0.1) is 10.2 Å². The predicted octanol–water partition coefficient (Wildman–Crippen LogP) is 3.38. The van der Waals surface area contributed by atoms with E-state index < -0.39 is 0 Å². The van der Waals surface area contributed by atoms with Crippen LogP contribution in [-0.2, 0) is 4.79 Å². The van der Waals surface area contributed by atoms with E-state index in [-0.39, 0.29) is 5.91 Å². The monoisotopic (exact) mass is 234 g/mol. The van der Waals surface area contributed by atoms with Gasteiger partial charge >= 0.3 is 0 Å². The van der Waals surface area contributed by atoms with Gasteiger partial charge in [-0.15, -0.1) is 0 Å². The Hall–Kier alpha value is -1.42. The number of nitrogens with zero attached hydrogens (tertiary/aromatic N) is 1. The van der Waals surface area contributed by atoms with E-state index in [0.717, 1.165) is 10.2 Å². The number of benzene rings is 1. The van der Waals surface area contributed by atoms with Crippen molar-refractivity contribution in [3.8, 4) is 0 Å². The number of aromatic nitrogens is 1. The van der Waals surface area contributed by atoms with Crippen LogP contribution >= 0.6 is 11.3 Å². The first-order valence-electron chi connectivity index (χ1n) is 5.24. The molecular formula is C12H14N2OS. The molecular weight excluding hydrogens is 220 g/mol. The normalized spacial score (nSPS) is 11.0. The zero-order chi connectivity index (χ0) is 11.7. The largest absolute Gasteiger partial charge is 0.302 e. The molecule has 3 nitrogen and oxygen atoms in total. The highest BCUT2D eigenvalue weighted by Gasteiger charge is 2.07. The van der Waals surface area contributed by atoms with Crippen molar-refractivity contribution in [2.45, 2.75) is 26.7 Å². The molecule has 0 aliphatic carbocycles. The van der Waals surface area contributed by atoms with E-state index in [1.54, 1.807) is 0 Å². The Balaban J connectivity index is 2.41. The highest BCUT2D eigenvalue weighted by molar-refractivity contribution is 7.22. The number of fused-ring (bicyclic) bond motifs is 1. The molecule has 0 saturated heterocycles. The first-order valence-corrected chi connectivity index (χ1v) is 6.06. The van der Waals surface area contributed by atoms with Crippen LogP contribution in [0.25, 0.3) is 10.2 Å². The molecule has 0 unspecified atom stereocenters. The summed E-state index contributed by atoms with van der Waals surface area (Å²) in [6.07, 6.45) is 0. The van der Waals surface area contributed by atoms with Gasteiger partial charge in [0.1, 0.15) is 0 Å². The molecule has 0 atom stereocenters. The maximum Gasteiger partial charge on any atom is 0.223 e. The van der Waals surface area contributed by atoms with Crippen molar-refractivity contribution < 1.29 is 4.79 Å². The lowest BCUT2D eigenvalue weighted by atomic mass is 10.0. The van der Waals surface area contributed by atoms with Crippen molar-refractivity contribution >= 4 is 32.6 Å². The molecule has 0 bridgehead atoms. The maximum atomic E-state index is 10.9. The summed E-state index contributed by atoms with van der Waals surface area (Å²) in [7, 11) is 0. The van der Waals surface area contributed by atoms with Crippen LogP contribution in [-0.4, -0.2) is 10.9 Å². The van der Waals surface area contributed by atoms with Crippen molar-refractivity contribution in [3.63, 3.8) is 0 Å². The summed E-state index contributed by atoms with van der Waals surface area (Å²) < 4.78 is 1.12. The van der Waals surface area contributed by atoms with Gasteiger partial charge in [0.15, 0.2) is 5.13 Å². The Morgan fingerprint density at radius 2 is 2.19 bits per heavy atom. The molecule has 1 aromatic heterocycles. The number of hydrogen-bond donors (Lipinski definition) is 1. The molecule has 1 N–H and O–H groups in total. The van der Waals surface area contributed by atoms with Crippen LogP contribution in [0.15, 0.2) is 18.2 Å². The van der Waals surface area contributed by atoms with Gasteiger partial charge in [-0.05, 0) is 23.6 Å². The predicted molar refractivity (Wildman–Crippen MR) is 68.0 cm³/mol. The van der Waals surface area contributed by atoms with E-state index >= 15 is 0 Å². The zero-order valence-corrected chi connectivity index (χ0v) is 10.4. The number of carbonyl (C=O) groups is 1. The quantitative estimate of drug-likeness (QED) is 0.865. The van der Waals surface area contributed by atoms with Gasteiger partial charge in [-0.1, -0.05) is 31.3 Å². The van der Waals surface area contributed by atoms with Crippen molar-refractivity contribution in [3.05, 3.63) is 23.8 Å². The molecule has 1 heterocycles. The topological polar surface area (TPSA) is 42.0 Å². The Labute approximate surface area is 98.5 Å². The number of nitrogens with one attached hydrogen (secondary N) is 1. The highest BCUT2D eigenvalue weighted by Crippen LogP contribution is 2.28. The summed E-state index contributed by atoms with van der Waals surface area (Å²) in [5, 5.41) is 3.38. The van der Waals surface area contributed by atoms with E-state index in [2.05, 4.69) is 36.3 Å². The summed E-state index contributed by atoms with van der Waals surface area (Å²) in [5.74, 6) is 0.429. The highest BCUT2D eigenvalue weighted by atomic mass is 32.1. The van der Waals surface area contributed by atoms with Crippen LogP contribution in [0, 0.1) is 0 Å². The summed E-state index contributed by atoms with van der Waals surface area (Å²) >= 11 is 1.51. The maximum absolute atomic E-state index is 10.9. The lowest BCUT2D eigenvalue weighted by Crippen LogP contribution is -2.04. The van der Waals surface area contributed by atoms with Gasteiger partial charge in [-0.2, -0.15) is 0 Å². The number of rotatable bonds is 2.